The molecule has 0 fully saturated rings. The summed E-state index contributed by atoms with van der Waals surface area (Å²) in [6.45, 7) is -0.460. The summed E-state index contributed by atoms with van der Waals surface area (Å²) in [5.41, 5.74) is 3.32. The molecular formula is C22H20ClN3O4S. The van der Waals surface area contributed by atoms with Gasteiger partial charge in [0.2, 0.25) is 0 Å². The molecule has 0 heterocycles. The highest BCUT2D eigenvalue weighted by Gasteiger charge is 2.27. The lowest BCUT2D eigenvalue weighted by Crippen LogP contribution is -2.39. The van der Waals surface area contributed by atoms with Gasteiger partial charge in [0, 0.05) is 10.6 Å². The van der Waals surface area contributed by atoms with Gasteiger partial charge < -0.3 is 4.74 Å². The van der Waals surface area contributed by atoms with E-state index in [1.807, 2.05) is 0 Å². The number of hydrogen-bond acceptors (Lipinski definition) is 5. The molecule has 0 aliphatic heterocycles. The molecule has 3 rings (SSSR count). The van der Waals surface area contributed by atoms with E-state index in [0.29, 0.717) is 22.0 Å². The van der Waals surface area contributed by atoms with E-state index in [0.717, 1.165) is 4.31 Å². The fraction of sp³-hybridized carbons (Fsp3) is 0.0909. The molecule has 0 bridgehead atoms. The third kappa shape index (κ3) is 5.62. The third-order valence-electron chi connectivity index (χ3n) is 4.28. The normalized spacial score (nSPS) is 11.3. The maximum absolute atomic E-state index is 13.3. The molecule has 1 N–H and O–H groups in total. The molecule has 160 valence electrons. The lowest BCUT2D eigenvalue weighted by molar-refractivity contribution is -0.119. The number of hydrazone groups is 1. The zero-order valence-electron chi connectivity index (χ0n) is 16.6. The van der Waals surface area contributed by atoms with Crippen LogP contribution < -0.4 is 14.5 Å². The maximum Gasteiger partial charge on any atom is 0.264 e. The molecule has 0 radical (unpaired) electrons. The van der Waals surface area contributed by atoms with Crippen molar-refractivity contribution in [3.8, 4) is 5.75 Å². The Labute approximate surface area is 186 Å². The van der Waals surface area contributed by atoms with Gasteiger partial charge in [-0.25, -0.2) is 13.8 Å². The van der Waals surface area contributed by atoms with Crippen molar-refractivity contribution < 1.29 is 17.9 Å². The minimum absolute atomic E-state index is 0.0320. The number of halogens is 1. The summed E-state index contributed by atoms with van der Waals surface area (Å²) < 4.78 is 32.6. The van der Waals surface area contributed by atoms with Crippen LogP contribution in [0, 0.1) is 0 Å². The zero-order valence-corrected chi connectivity index (χ0v) is 18.2. The van der Waals surface area contributed by atoms with E-state index < -0.39 is 22.5 Å². The SMILES string of the molecule is COc1ccc(S(=O)(=O)N(CC(=O)N/N=C/c2ccccc2Cl)c2ccccc2)cc1. The minimum Gasteiger partial charge on any atom is -0.497 e. The standard InChI is InChI=1S/C22H20ClN3O4S/c1-30-19-11-13-20(14-12-19)31(28,29)26(18-8-3-2-4-9-18)16-22(27)25-24-15-17-7-5-6-10-21(17)23/h2-15H,16H2,1H3,(H,25,27)/b24-15+. The fourth-order valence-electron chi connectivity index (χ4n) is 2.70. The van der Waals surface area contributed by atoms with Crippen LogP contribution in [0.4, 0.5) is 5.69 Å². The number of nitrogens with one attached hydrogen (secondary N) is 1. The van der Waals surface area contributed by atoms with Gasteiger partial charge in [-0.2, -0.15) is 5.10 Å². The molecule has 0 saturated carbocycles. The number of hydrogen-bond donors (Lipinski definition) is 1. The highest BCUT2D eigenvalue weighted by atomic mass is 35.5. The van der Waals surface area contributed by atoms with Gasteiger partial charge in [0.25, 0.3) is 15.9 Å². The van der Waals surface area contributed by atoms with Crippen molar-refractivity contribution in [3.63, 3.8) is 0 Å². The van der Waals surface area contributed by atoms with Crippen LogP contribution in [-0.2, 0) is 14.8 Å². The number of methoxy groups -OCH3 is 1. The Hall–Kier alpha value is -3.36. The molecule has 0 spiro atoms. The molecule has 0 aliphatic carbocycles. The summed E-state index contributed by atoms with van der Waals surface area (Å²) in [7, 11) is -2.52. The second-order valence-corrected chi connectivity index (χ2v) is 8.61. The Balaban J connectivity index is 1.82. The Morgan fingerprint density at radius 2 is 1.68 bits per heavy atom. The summed E-state index contributed by atoms with van der Waals surface area (Å²) in [6, 6.07) is 21.3. The number of anilines is 1. The second kappa shape index (κ2) is 10.1. The summed E-state index contributed by atoms with van der Waals surface area (Å²) in [6.07, 6.45) is 1.39. The number of amides is 1. The largest absolute Gasteiger partial charge is 0.497 e. The number of nitrogens with zero attached hydrogens (tertiary/aromatic N) is 2. The van der Waals surface area contributed by atoms with Crippen LogP contribution in [0.5, 0.6) is 5.75 Å². The van der Waals surface area contributed by atoms with Crippen molar-refractivity contribution in [1.82, 2.24) is 5.43 Å². The molecular weight excluding hydrogens is 438 g/mol. The molecule has 0 aliphatic rings. The number of ether oxygens (including phenoxy) is 1. The van der Waals surface area contributed by atoms with Gasteiger partial charge in [0.1, 0.15) is 12.3 Å². The van der Waals surface area contributed by atoms with Crippen LogP contribution in [0.1, 0.15) is 5.56 Å². The molecule has 1 amide bonds. The van der Waals surface area contributed by atoms with E-state index in [9.17, 15) is 13.2 Å². The van der Waals surface area contributed by atoms with E-state index in [1.165, 1.54) is 25.5 Å². The summed E-state index contributed by atoms with van der Waals surface area (Å²) in [5.74, 6) is -0.0823. The minimum atomic E-state index is -4.01. The Bertz CT molecular complexity index is 1170. The lowest BCUT2D eigenvalue weighted by atomic mass is 10.2. The average molecular weight is 458 g/mol. The van der Waals surface area contributed by atoms with Gasteiger partial charge in [-0.05, 0) is 42.5 Å². The molecule has 0 atom stereocenters. The topological polar surface area (TPSA) is 88.1 Å². The van der Waals surface area contributed by atoms with Gasteiger partial charge in [-0.1, -0.05) is 48.0 Å². The average Bonchev–Trinajstić information content (AvgIpc) is 2.79. The molecule has 0 unspecified atom stereocenters. The van der Waals surface area contributed by atoms with Crippen LogP contribution in [0.15, 0.2) is 88.9 Å². The molecule has 0 saturated heterocycles. The molecule has 3 aromatic rings. The van der Waals surface area contributed by atoms with Gasteiger partial charge >= 0.3 is 0 Å². The number of rotatable bonds is 8. The van der Waals surface area contributed by atoms with Crippen LogP contribution >= 0.6 is 11.6 Å². The van der Waals surface area contributed by atoms with Crippen molar-refractivity contribution in [2.45, 2.75) is 4.90 Å². The summed E-state index contributed by atoms with van der Waals surface area (Å²) in [4.78, 5) is 12.5. The highest BCUT2D eigenvalue weighted by Crippen LogP contribution is 2.24. The highest BCUT2D eigenvalue weighted by molar-refractivity contribution is 7.92. The van der Waals surface area contributed by atoms with Crippen LogP contribution in [0.2, 0.25) is 5.02 Å². The predicted octanol–water partition coefficient (Wildman–Crippen LogP) is 3.69. The van der Waals surface area contributed by atoms with E-state index in [1.54, 1.807) is 66.7 Å². The van der Waals surface area contributed by atoms with Crippen LogP contribution in [-0.4, -0.2) is 34.2 Å². The van der Waals surface area contributed by atoms with Gasteiger partial charge in [0.05, 0.1) is 23.9 Å². The fourth-order valence-corrected chi connectivity index (χ4v) is 4.31. The number of carbonyl (C=O) groups excluding carboxylic acids is 1. The van der Waals surface area contributed by atoms with E-state index in [2.05, 4.69) is 10.5 Å². The van der Waals surface area contributed by atoms with Crippen LogP contribution in [0.25, 0.3) is 0 Å². The Morgan fingerprint density at radius 1 is 1.03 bits per heavy atom. The number of para-hydroxylation sites is 1. The second-order valence-electron chi connectivity index (χ2n) is 6.34. The predicted molar refractivity (Wildman–Crippen MR) is 121 cm³/mol. The van der Waals surface area contributed by atoms with Gasteiger partial charge in [0.15, 0.2) is 0 Å². The third-order valence-corrected chi connectivity index (χ3v) is 6.41. The van der Waals surface area contributed by atoms with E-state index in [4.69, 9.17) is 16.3 Å². The Morgan fingerprint density at radius 3 is 2.32 bits per heavy atom. The molecule has 31 heavy (non-hydrogen) atoms. The molecule has 0 aromatic heterocycles. The number of sulfonamides is 1. The first kappa shape index (κ1) is 22.3. The first-order valence-electron chi connectivity index (χ1n) is 9.20. The van der Waals surface area contributed by atoms with E-state index in [-0.39, 0.29) is 4.90 Å². The van der Waals surface area contributed by atoms with Crippen molar-refractivity contribution in [2.24, 2.45) is 5.10 Å². The molecule has 7 nitrogen and oxygen atoms in total. The summed E-state index contributed by atoms with van der Waals surface area (Å²) >= 11 is 6.05. The number of benzene rings is 3. The first-order chi connectivity index (χ1) is 14.9. The van der Waals surface area contributed by atoms with E-state index >= 15 is 0 Å². The zero-order chi connectivity index (χ0) is 22.3. The number of carbonyl (C=O) groups is 1. The van der Waals surface area contributed by atoms with Crippen molar-refractivity contribution in [3.05, 3.63) is 89.4 Å². The van der Waals surface area contributed by atoms with Crippen molar-refractivity contribution >= 4 is 39.4 Å². The smallest absolute Gasteiger partial charge is 0.264 e. The van der Waals surface area contributed by atoms with Gasteiger partial charge in [-0.15, -0.1) is 0 Å². The maximum atomic E-state index is 13.3. The first-order valence-corrected chi connectivity index (χ1v) is 11.0. The summed E-state index contributed by atoms with van der Waals surface area (Å²) in [5, 5.41) is 4.36. The lowest BCUT2D eigenvalue weighted by Gasteiger charge is -2.23. The molecule has 9 heteroatoms. The van der Waals surface area contributed by atoms with Crippen molar-refractivity contribution in [1.29, 1.82) is 0 Å². The van der Waals surface area contributed by atoms with Crippen molar-refractivity contribution in [2.75, 3.05) is 18.0 Å². The molecule has 3 aromatic carbocycles. The quantitative estimate of drug-likeness (QED) is 0.412. The Kier molecular flexibility index (Phi) is 7.28. The van der Waals surface area contributed by atoms with Crippen LogP contribution in [0.3, 0.4) is 0 Å². The monoisotopic (exact) mass is 457 g/mol. The van der Waals surface area contributed by atoms with Gasteiger partial charge in [-0.3, -0.25) is 9.10 Å².